The second-order valence-corrected chi connectivity index (χ2v) is 4.99. The summed E-state index contributed by atoms with van der Waals surface area (Å²) in [4.78, 5) is 12.4. The van der Waals surface area contributed by atoms with Gasteiger partial charge >= 0.3 is 6.09 Å². The lowest BCUT2D eigenvalue weighted by Crippen LogP contribution is -2.26. The Labute approximate surface area is 117 Å². The number of phenols is 1. The van der Waals surface area contributed by atoms with Crippen molar-refractivity contribution in [3.63, 3.8) is 0 Å². The second-order valence-electron chi connectivity index (χ2n) is 4.99. The van der Waals surface area contributed by atoms with Crippen molar-refractivity contribution >= 4 is 6.09 Å². The van der Waals surface area contributed by atoms with Crippen molar-refractivity contribution in [1.29, 1.82) is 0 Å². The molecular weight excluding hydrogens is 262 g/mol. The maximum atomic E-state index is 11.1. The number of aliphatic hydroxyl groups is 1. The highest BCUT2D eigenvalue weighted by atomic mass is 16.5. The molecule has 6 nitrogen and oxygen atoms in total. The molecule has 1 fully saturated rings. The van der Waals surface area contributed by atoms with Gasteiger partial charge in [-0.3, -0.25) is 0 Å². The molecule has 1 aromatic rings. The lowest BCUT2D eigenvalue weighted by molar-refractivity contribution is 0.152. The van der Waals surface area contributed by atoms with Gasteiger partial charge in [-0.1, -0.05) is 6.07 Å². The minimum absolute atomic E-state index is 0.00550. The Bertz CT molecular complexity index is 490. The number of aromatic hydroxyl groups is 1. The van der Waals surface area contributed by atoms with Crippen LogP contribution in [-0.4, -0.2) is 53.1 Å². The first-order valence-corrected chi connectivity index (χ1v) is 6.52. The van der Waals surface area contributed by atoms with E-state index in [1.807, 2.05) is 0 Å². The molecular formula is C14H19NO5. The van der Waals surface area contributed by atoms with Gasteiger partial charge in [0.2, 0.25) is 0 Å². The molecule has 1 heterocycles. The smallest absolute Gasteiger partial charge is 0.407 e. The fraction of sp³-hybridized carbons (Fsp3) is 0.500. The Morgan fingerprint density at radius 2 is 2.20 bits per heavy atom. The molecule has 0 bridgehead atoms. The summed E-state index contributed by atoms with van der Waals surface area (Å²) in [6.45, 7) is 0.720. The molecule has 0 spiro atoms. The number of benzene rings is 1. The summed E-state index contributed by atoms with van der Waals surface area (Å²) in [5, 5.41) is 28.3. The van der Waals surface area contributed by atoms with E-state index in [4.69, 9.17) is 14.9 Å². The summed E-state index contributed by atoms with van der Waals surface area (Å²) in [5.41, 5.74) is 0.702. The minimum atomic E-state index is -0.969. The highest BCUT2D eigenvalue weighted by Gasteiger charge is 2.36. The maximum absolute atomic E-state index is 11.1. The molecule has 2 atom stereocenters. The highest BCUT2D eigenvalue weighted by molar-refractivity contribution is 5.65. The third-order valence-corrected chi connectivity index (χ3v) is 3.85. The fourth-order valence-electron chi connectivity index (χ4n) is 2.80. The molecule has 0 aliphatic carbocycles. The molecule has 1 aromatic carbocycles. The van der Waals surface area contributed by atoms with Crippen LogP contribution in [0.3, 0.4) is 0 Å². The molecule has 2 rings (SSSR count). The van der Waals surface area contributed by atoms with Crippen LogP contribution in [0, 0.1) is 5.92 Å². The average Bonchev–Trinajstić information content (AvgIpc) is 2.83. The van der Waals surface area contributed by atoms with E-state index in [9.17, 15) is 9.90 Å². The maximum Gasteiger partial charge on any atom is 0.407 e. The Morgan fingerprint density at radius 3 is 2.75 bits per heavy atom. The molecule has 20 heavy (non-hydrogen) atoms. The molecule has 110 valence electrons. The molecule has 6 heteroatoms. The predicted molar refractivity (Wildman–Crippen MR) is 72.2 cm³/mol. The van der Waals surface area contributed by atoms with Crippen LogP contribution in [-0.2, 0) is 0 Å². The zero-order valence-corrected chi connectivity index (χ0v) is 11.3. The predicted octanol–water partition coefficient (Wildman–Crippen LogP) is 1.48. The van der Waals surface area contributed by atoms with Crippen LogP contribution in [0.15, 0.2) is 18.2 Å². The fourth-order valence-corrected chi connectivity index (χ4v) is 2.80. The zero-order valence-electron chi connectivity index (χ0n) is 11.3. The van der Waals surface area contributed by atoms with E-state index in [2.05, 4.69) is 0 Å². The quantitative estimate of drug-likeness (QED) is 0.777. The Kier molecular flexibility index (Phi) is 4.34. The Morgan fingerprint density at radius 1 is 1.45 bits per heavy atom. The third kappa shape index (κ3) is 2.80. The topological polar surface area (TPSA) is 90.2 Å². The molecule has 1 aliphatic rings. The Hall–Kier alpha value is -1.95. The van der Waals surface area contributed by atoms with Crippen molar-refractivity contribution in [3.05, 3.63) is 23.8 Å². The van der Waals surface area contributed by atoms with Crippen LogP contribution >= 0.6 is 0 Å². The van der Waals surface area contributed by atoms with Gasteiger partial charge in [-0.05, 0) is 24.0 Å². The number of rotatable bonds is 4. The first-order valence-electron chi connectivity index (χ1n) is 6.52. The van der Waals surface area contributed by atoms with E-state index in [1.165, 1.54) is 18.1 Å². The SMILES string of the molecule is COc1ccc(C2CN(C(=O)O)CC2CCO)c(O)c1. The number of carbonyl (C=O) groups is 1. The number of aliphatic hydroxyl groups excluding tert-OH is 1. The summed E-state index contributed by atoms with van der Waals surface area (Å²) in [5.74, 6) is 0.558. The van der Waals surface area contributed by atoms with E-state index in [1.54, 1.807) is 12.1 Å². The normalized spacial score (nSPS) is 22.0. The number of carboxylic acid groups (broad SMARTS) is 1. The van der Waals surface area contributed by atoms with Crippen molar-refractivity contribution < 1.29 is 24.9 Å². The monoisotopic (exact) mass is 281 g/mol. The van der Waals surface area contributed by atoms with Gasteiger partial charge in [0.25, 0.3) is 0 Å². The molecule has 0 radical (unpaired) electrons. The summed E-state index contributed by atoms with van der Waals surface area (Å²) >= 11 is 0. The zero-order chi connectivity index (χ0) is 14.7. The van der Waals surface area contributed by atoms with E-state index >= 15 is 0 Å². The minimum Gasteiger partial charge on any atom is -0.508 e. The number of likely N-dealkylation sites (tertiary alicyclic amines) is 1. The molecule has 0 saturated carbocycles. The van der Waals surface area contributed by atoms with Crippen molar-refractivity contribution in [2.45, 2.75) is 12.3 Å². The van der Waals surface area contributed by atoms with Crippen LogP contribution in [0.2, 0.25) is 0 Å². The number of hydrogen-bond acceptors (Lipinski definition) is 4. The van der Waals surface area contributed by atoms with Gasteiger partial charge in [0.1, 0.15) is 11.5 Å². The first-order chi connectivity index (χ1) is 9.56. The number of ether oxygens (including phenoxy) is 1. The number of methoxy groups -OCH3 is 1. The average molecular weight is 281 g/mol. The van der Waals surface area contributed by atoms with E-state index in [-0.39, 0.29) is 24.2 Å². The second kappa shape index (κ2) is 6.00. The summed E-state index contributed by atoms with van der Waals surface area (Å²) < 4.78 is 5.04. The molecule has 1 amide bonds. The molecule has 1 saturated heterocycles. The summed E-state index contributed by atoms with van der Waals surface area (Å²) in [6.07, 6.45) is -0.455. The number of nitrogens with zero attached hydrogens (tertiary/aromatic N) is 1. The molecule has 0 aromatic heterocycles. The number of amides is 1. The van der Waals surface area contributed by atoms with Crippen LogP contribution in [0.4, 0.5) is 4.79 Å². The standard InChI is InChI=1S/C14H19NO5/c1-20-10-2-3-11(13(17)6-10)12-8-15(14(18)19)7-9(12)4-5-16/h2-3,6,9,12,16-17H,4-5,7-8H2,1H3,(H,18,19). The van der Waals surface area contributed by atoms with Crippen LogP contribution in [0.5, 0.6) is 11.5 Å². The third-order valence-electron chi connectivity index (χ3n) is 3.85. The van der Waals surface area contributed by atoms with Gasteiger partial charge in [-0.2, -0.15) is 0 Å². The van der Waals surface area contributed by atoms with Crippen molar-refractivity contribution in [1.82, 2.24) is 4.90 Å². The van der Waals surface area contributed by atoms with Crippen molar-refractivity contribution in [2.75, 3.05) is 26.8 Å². The van der Waals surface area contributed by atoms with E-state index in [0.717, 1.165) is 0 Å². The van der Waals surface area contributed by atoms with Gasteiger partial charge in [0.15, 0.2) is 0 Å². The van der Waals surface area contributed by atoms with Gasteiger partial charge < -0.3 is 25.0 Å². The van der Waals surface area contributed by atoms with Crippen LogP contribution in [0.25, 0.3) is 0 Å². The molecule has 2 unspecified atom stereocenters. The largest absolute Gasteiger partial charge is 0.508 e. The van der Waals surface area contributed by atoms with Gasteiger partial charge in [0, 0.05) is 31.7 Å². The first kappa shape index (κ1) is 14.5. The lowest BCUT2D eigenvalue weighted by Gasteiger charge is -2.19. The molecule has 3 N–H and O–H groups in total. The van der Waals surface area contributed by atoms with E-state index in [0.29, 0.717) is 30.8 Å². The number of hydrogen-bond donors (Lipinski definition) is 3. The van der Waals surface area contributed by atoms with E-state index < -0.39 is 6.09 Å². The summed E-state index contributed by atoms with van der Waals surface area (Å²) in [7, 11) is 1.52. The van der Waals surface area contributed by atoms with Crippen molar-refractivity contribution in [3.8, 4) is 11.5 Å². The van der Waals surface area contributed by atoms with Crippen molar-refractivity contribution in [2.24, 2.45) is 5.92 Å². The van der Waals surface area contributed by atoms with Crippen LogP contribution in [0.1, 0.15) is 17.9 Å². The Balaban J connectivity index is 2.26. The van der Waals surface area contributed by atoms with Gasteiger partial charge in [0.05, 0.1) is 7.11 Å². The molecule has 1 aliphatic heterocycles. The lowest BCUT2D eigenvalue weighted by atomic mass is 9.86. The van der Waals surface area contributed by atoms with Gasteiger partial charge in [-0.25, -0.2) is 4.79 Å². The van der Waals surface area contributed by atoms with Gasteiger partial charge in [-0.15, -0.1) is 0 Å². The van der Waals surface area contributed by atoms with Crippen LogP contribution < -0.4 is 4.74 Å². The number of phenolic OH excluding ortho intramolecular Hbond substituents is 1. The highest BCUT2D eigenvalue weighted by Crippen LogP contribution is 2.39. The summed E-state index contributed by atoms with van der Waals surface area (Å²) in [6, 6.07) is 5.03.